The molecule has 134 valence electrons. The average Bonchev–Trinajstić information content (AvgIpc) is 2.97. The first-order chi connectivity index (χ1) is 11.8. The van der Waals surface area contributed by atoms with Crippen molar-refractivity contribution in [1.29, 1.82) is 0 Å². The first-order valence-corrected chi connectivity index (χ1v) is 8.77. The lowest BCUT2D eigenvalue weighted by Crippen LogP contribution is -2.32. The minimum absolute atomic E-state index is 0.0898. The van der Waals surface area contributed by atoms with Crippen molar-refractivity contribution in [3.8, 4) is 5.75 Å². The van der Waals surface area contributed by atoms with Crippen molar-refractivity contribution < 1.29 is 19.4 Å². The molecule has 2 unspecified atom stereocenters. The third kappa shape index (κ3) is 4.79. The van der Waals surface area contributed by atoms with E-state index in [0.29, 0.717) is 17.1 Å². The average molecular weight is 362 g/mol. The van der Waals surface area contributed by atoms with Gasteiger partial charge in [0.2, 0.25) is 5.91 Å². The van der Waals surface area contributed by atoms with Gasteiger partial charge in [-0.1, -0.05) is 19.1 Å². The minimum atomic E-state index is -0.993. The van der Waals surface area contributed by atoms with Gasteiger partial charge in [-0.3, -0.25) is 4.79 Å². The third-order valence-electron chi connectivity index (χ3n) is 3.89. The Morgan fingerprint density at radius 2 is 1.92 bits per heavy atom. The summed E-state index contributed by atoms with van der Waals surface area (Å²) in [6.07, 6.45) is 0.611. The van der Waals surface area contributed by atoms with E-state index in [-0.39, 0.29) is 22.7 Å². The Balaban J connectivity index is 1.97. The molecular weight excluding hydrogens is 340 g/mol. The topological polar surface area (TPSA) is 88.5 Å². The second-order valence-corrected chi connectivity index (χ2v) is 6.99. The van der Waals surface area contributed by atoms with Crippen LogP contribution < -0.4 is 10.1 Å². The molecule has 1 aromatic carbocycles. The molecule has 1 amide bonds. The Kier molecular flexibility index (Phi) is 6.14. The number of aryl methyl sites for hydroxylation is 1. The van der Waals surface area contributed by atoms with Crippen LogP contribution in [0.4, 0.5) is 0 Å². The molecule has 6 nitrogen and oxygen atoms in total. The van der Waals surface area contributed by atoms with Crippen LogP contribution in [0, 0.1) is 12.8 Å². The molecule has 7 heteroatoms. The molecule has 0 aliphatic carbocycles. The number of hydrogen-bond acceptors (Lipinski definition) is 5. The zero-order valence-corrected chi connectivity index (χ0v) is 15.5. The van der Waals surface area contributed by atoms with Gasteiger partial charge in [-0.2, -0.15) is 0 Å². The predicted molar refractivity (Wildman–Crippen MR) is 96.2 cm³/mol. The monoisotopic (exact) mass is 362 g/mol. The first-order valence-electron chi connectivity index (χ1n) is 7.95. The largest absolute Gasteiger partial charge is 0.497 e. The lowest BCUT2D eigenvalue weighted by atomic mass is 10.00. The number of carbonyl (C=O) groups is 2. The molecule has 0 radical (unpaired) electrons. The molecule has 0 saturated heterocycles. The van der Waals surface area contributed by atoms with E-state index in [1.54, 1.807) is 14.0 Å². The van der Waals surface area contributed by atoms with Crippen molar-refractivity contribution >= 4 is 23.2 Å². The van der Waals surface area contributed by atoms with Crippen LogP contribution in [-0.4, -0.2) is 29.1 Å². The fourth-order valence-corrected chi connectivity index (χ4v) is 3.33. The fraction of sp³-hybridized carbons (Fsp3) is 0.389. The SMILES string of the molecule is COc1ccc(CC(C)C(=O)NC(C)c2nc(C)c(C(=O)O)s2)cc1. The van der Waals surface area contributed by atoms with Crippen LogP contribution in [0.1, 0.15) is 45.8 Å². The van der Waals surface area contributed by atoms with E-state index in [9.17, 15) is 9.59 Å². The first kappa shape index (κ1) is 18.9. The van der Waals surface area contributed by atoms with Crippen molar-refractivity contribution in [3.05, 3.63) is 45.4 Å². The van der Waals surface area contributed by atoms with Gasteiger partial charge < -0.3 is 15.2 Å². The number of ether oxygens (including phenoxy) is 1. The van der Waals surface area contributed by atoms with E-state index in [4.69, 9.17) is 9.84 Å². The summed E-state index contributed by atoms with van der Waals surface area (Å²) in [6.45, 7) is 5.33. The van der Waals surface area contributed by atoms with Gasteiger partial charge in [-0.25, -0.2) is 9.78 Å². The van der Waals surface area contributed by atoms with Crippen LogP contribution in [0.15, 0.2) is 24.3 Å². The van der Waals surface area contributed by atoms with E-state index >= 15 is 0 Å². The van der Waals surface area contributed by atoms with Crippen molar-refractivity contribution in [1.82, 2.24) is 10.3 Å². The number of methoxy groups -OCH3 is 1. The fourth-order valence-electron chi connectivity index (χ4n) is 2.43. The molecule has 0 spiro atoms. The van der Waals surface area contributed by atoms with Crippen LogP contribution in [0.25, 0.3) is 0 Å². The van der Waals surface area contributed by atoms with E-state index in [1.807, 2.05) is 38.1 Å². The zero-order valence-electron chi connectivity index (χ0n) is 14.7. The highest BCUT2D eigenvalue weighted by molar-refractivity contribution is 7.13. The number of rotatable bonds is 7. The van der Waals surface area contributed by atoms with E-state index in [1.165, 1.54) is 0 Å². The van der Waals surface area contributed by atoms with Crippen LogP contribution in [0.3, 0.4) is 0 Å². The zero-order chi connectivity index (χ0) is 18.6. The van der Waals surface area contributed by atoms with Gasteiger partial charge in [0.25, 0.3) is 0 Å². The summed E-state index contributed by atoms with van der Waals surface area (Å²) in [5, 5.41) is 12.6. The molecule has 1 aromatic heterocycles. The quantitative estimate of drug-likeness (QED) is 0.789. The summed E-state index contributed by atoms with van der Waals surface area (Å²) < 4.78 is 5.12. The summed E-state index contributed by atoms with van der Waals surface area (Å²) in [4.78, 5) is 28.0. The van der Waals surface area contributed by atoms with Crippen LogP contribution in [0.5, 0.6) is 5.75 Å². The van der Waals surface area contributed by atoms with Crippen LogP contribution >= 0.6 is 11.3 Å². The van der Waals surface area contributed by atoms with Gasteiger partial charge in [0.15, 0.2) is 0 Å². The number of carbonyl (C=O) groups excluding carboxylic acids is 1. The maximum Gasteiger partial charge on any atom is 0.347 e. The van der Waals surface area contributed by atoms with E-state index in [2.05, 4.69) is 10.3 Å². The maximum absolute atomic E-state index is 12.4. The summed E-state index contributed by atoms with van der Waals surface area (Å²) in [7, 11) is 1.61. The highest BCUT2D eigenvalue weighted by atomic mass is 32.1. The smallest absolute Gasteiger partial charge is 0.347 e. The van der Waals surface area contributed by atoms with E-state index in [0.717, 1.165) is 22.6 Å². The van der Waals surface area contributed by atoms with Crippen molar-refractivity contribution in [2.45, 2.75) is 33.2 Å². The molecule has 2 aromatic rings. The predicted octanol–water partition coefficient (Wildman–Crippen LogP) is 3.21. The molecule has 0 aliphatic rings. The highest BCUT2D eigenvalue weighted by Crippen LogP contribution is 2.24. The minimum Gasteiger partial charge on any atom is -0.497 e. The summed E-state index contributed by atoms with van der Waals surface area (Å²) in [5.74, 6) is -0.514. The number of aromatic carboxylic acids is 1. The molecule has 0 aliphatic heterocycles. The Hall–Kier alpha value is -2.41. The lowest BCUT2D eigenvalue weighted by molar-refractivity contribution is -0.125. The third-order valence-corrected chi connectivity index (χ3v) is 5.21. The molecule has 0 bridgehead atoms. The second kappa shape index (κ2) is 8.11. The van der Waals surface area contributed by atoms with Gasteiger partial charge in [0.05, 0.1) is 18.8 Å². The number of nitrogens with one attached hydrogen (secondary N) is 1. The molecule has 0 saturated carbocycles. The molecular formula is C18H22N2O4S. The Labute approximate surface area is 150 Å². The number of carboxylic acids is 1. The maximum atomic E-state index is 12.4. The molecule has 2 N–H and O–H groups in total. The normalized spacial score (nSPS) is 13.1. The Morgan fingerprint density at radius 1 is 1.28 bits per heavy atom. The summed E-state index contributed by atoms with van der Waals surface area (Å²) >= 11 is 1.10. The molecule has 25 heavy (non-hydrogen) atoms. The van der Waals surface area contributed by atoms with Gasteiger partial charge in [-0.05, 0) is 38.0 Å². The summed E-state index contributed by atoms with van der Waals surface area (Å²) in [5.41, 5.74) is 1.52. The van der Waals surface area contributed by atoms with Crippen molar-refractivity contribution in [2.24, 2.45) is 5.92 Å². The number of hydrogen-bond donors (Lipinski definition) is 2. The Morgan fingerprint density at radius 3 is 2.44 bits per heavy atom. The second-order valence-electron chi connectivity index (χ2n) is 5.96. The molecule has 1 heterocycles. The lowest BCUT2D eigenvalue weighted by Gasteiger charge is -2.16. The molecule has 0 fully saturated rings. The number of nitrogens with zero attached hydrogens (tertiary/aromatic N) is 1. The number of carboxylic acid groups (broad SMARTS) is 1. The number of benzene rings is 1. The standard InChI is InChI=1S/C18H22N2O4S/c1-10(9-13-5-7-14(24-4)8-6-13)16(21)19-12(3)17-20-11(2)15(25-17)18(22)23/h5-8,10,12H,9H2,1-4H3,(H,19,21)(H,22,23). The van der Waals surface area contributed by atoms with Crippen LogP contribution in [-0.2, 0) is 11.2 Å². The number of aromatic nitrogens is 1. The summed E-state index contributed by atoms with van der Waals surface area (Å²) in [6, 6.07) is 7.29. The number of thiazole rings is 1. The Bertz CT molecular complexity index is 755. The van der Waals surface area contributed by atoms with Gasteiger partial charge in [-0.15, -0.1) is 11.3 Å². The molecule has 2 rings (SSSR count). The molecule has 2 atom stereocenters. The van der Waals surface area contributed by atoms with Gasteiger partial charge in [0, 0.05) is 5.92 Å². The van der Waals surface area contributed by atoms with Crippen LogP contribution in [0.2, 0.25) is 0 Å². The van der Waals surface area contributed by atoms with Gasteiger partial charge >= 0.3 is 5.97 Å². The van der Waals surface area contributed by atoms with Crippen molar-refractivity contribution in [3.63, 3.8) is 0 Å². The van der Waals surface area contributed by atoms with Gasteiger partial charge in [0.1, 0.15) is 15.6 Å². The van der Waals surface area contributed by atoms with Crippen molar-refractivity contribution in [2.75, 3.05) is 7.11 Å². The van der Waals surface area contributed by atoms with E-state index < -0.39 is 5.97 Å². The highest BCUT2D eigenvalue weighted by Gasteiger charge is 2.21. The number of amides is 1.